The van der Waals surface area contributed by atoms with Crippen molar-refractivity contribution in [3.8, 4) is 0 Å². The second-order valence-corrected chi connectivity index (χ2v) is 4.82. The fraction of sp³-hybridized carbons (Fsp3) is 0.917. The monoisotopic (exact) mass is 212 g/mol. The highest BCUT2D eigenvalue weighted by Crippen LogP contribution is 2.24. The normalized spacial score (nSPS) is 23.5. The first-order valence-corrected chi connectivity index (χ1v) is 6.12. The van der Waals surface area contributed by atoms with Crippen LogP contribution in [0.25, 0.3) is 0 Å². The molecule has 2 unspecified atom stereocenters. The number of carbonyl (C=O) groups excluding carboxylic acids is 1. The lowest BCUT2D eigenvalue weighted by atomic mass is 9.94. The average Bonchev–Trinajstić information content (AvgIpc) is 2.65. The Bertz CT molecular complexity index is 216. The zero-order chi connectivity index (χ0) is 11.4. The Hall–Kier alpha value is -0.570. The zero-order valence-corrected chi connectivity index (χ0v) is 10.2. The molecule has 1 saturated heterocycles. The van der Waals surface area contributed by atoms with Gasteiger partial charge in [0.15, 0.2) is 0 Å². The third-order valence-corrected chi connectivity index (χ3v) is 3.51. The summed E-state index contributed by atoms with van der Waals surface area (Å²) in [6.45, 7) is 7.71. The van der Waals surface area contributed by atoms with Crippen LogP contribution >= 0.6 is 0 Å². The largest absolute Gasteiger partial charge is 0.339 e. The van der Waals surface area contributed by atoms with E-state index in [1.807, 2.05) is 0 Å². The van der Waals surface area contributed by atoms with Gasteiger partial charge in [-0.3, -0.25) is 4.79 Å². The summed E-state index contributed by atoms with van der Waals surface area (Å²) in [6.07, 6.45) is 3.39. The third kappa shape index (κ3) is 2.71. The van der Waals surface area contributed by atoms with Gasteiger partial charge < -0.3 is 10.6 Å². The lowest BCUT2D eigenvalue weighted by Gasteiger charge is -2.29. The quantitative estimate of drug-likeness (QED) is 0.769. The predicted molar refractivity (Wildman–Crippen MR) is 62.4 cm³/mol. The molecule has 0 radical (unpaired) electrons. The highest BCUT2D eigenvalue weighted by atomic mass is 16.2. The van der Waals surface area contributed by atoms with Gasteiger partial charge in [-0.15, -0.1) is 0 Å². The Balaban J connectivity index is 2.65. The van der Waals surface area contributed by atoms with Crippen molar-refractivity contribution in [1.29, 1.82) is 0 Å². The van der Waals surface area contributed by atoms with Gasteiger partial charge >= 0.3 is 0 Å². The summed E-state index contributed by atoms with van der Waals surface area (Å²) in [4.78, 5) is 14.3. The van der Waals surface area contributed by atoms with Gasteiger partial charge in [0, 0.05) is 19.1 Å². The van der Waals surface area contributed by atoms with Gasteiger partial charge in [-0.1, -0.05) is 20.8 Å². The molecule has 1 fully saturated rings. The maximum atomic E-state index is 12.2. The minimum absolute atomic E-state index is 0.0112. The highest BCUT2D eigenvalue weighted by molar-refractivity contribution is 5.80. The van der Waals surface area contributed by atoms with E-state index in [1.165, 1.54) is 0 Å². The van der Waals surface area contributed by atoms with Crippen LogP contribution in [-0.4, -0.2) is 29.9 Å². The molecule has 88 valence electrons. The summed E-state index contributed by atoms with van der Waals surface area (Å²) in [5.41, 5.74) is 5.68. The molecule has 0 aromatic carbocycles. The van der Waals surface area contributed by atoms with E-state index in [0.29, 0.717) is 18.5 Å². The van der Waals surface area contributed by atoms with Gasteiger partial charge in [0.2, 0.25) is 5.91 Å². The van der Waals surface area contributed by atoms with Crippen LogP contribution in [0.15, 0.2) is 0 Å². The van der Waals surface area contributed by atoms with Crippen LogP contribution in [0.3, 0.4) is 0 Å². The lowest BCUT2D eigenvalue weighted by Crippen LogP contribution is -2.43. The van der Waals surface area contributed by atoms with Gasteiger partial charge in [0.25, 0.3) is 0 Å². The first-order valence-electron chi connectivity index (χ1n) is 6.12. The summed E-state index contributed by atoms with van der Waals surface area (Å²) in [6, 6.07) is 0.463. The summed E-state index contributed by atoms with van der Waals surface area (Å²) in [7, 11) is 0. The third-order valence-electron chi connectivity index (χ3n) is 3.51. The van der Waals surface area contributed by atoms with Crippen molar-refractivity contribution in [3.05, 3.63) is 0 Å². The Morgan fingerprint density at radius 3 is 2.67 bits per heavy atom. The molecular weight excluding hydrogens is 188 g/mol. The molecule has 0 aliphatic carbocycles. The number of rotatable bonds is 4. The smallest absolute Gasteiger partial charge is 0.227 e. The van der Waals surface area contributed by atoms with E-state index in [-0.39, 0.29) is 11.8 Å². The number of hydrogen-bond acceptors (Lipinski definition) is 2. The molecule has 0 spiro atoms. The van der Waals surface area contributed by atoms with Crippen molar-refractivity contribution in [2.45, 2.75) is 46.1 Å². The molecule has 1 heterocycles. The van der Waals surface area contributed by atoms with Gasteiger partial charge in [0.05, 0.1) is 5.92 Å². The van der Waals surface area contributed by atoms with Gasteiger partial charge in [0.1, 0.15) is 0 Å². The van der Waals surface area contributed by atoms with Crippen molar-refractivity contribution in [3.63, 3.8) is 0 Å². The van der Waals surface area contributed by atoms with Crippen molar-refractivity contribution < 1.29 is 4.79 Å². The molecular formula is C12H24N2O. The van der Waals surface area contributed by atoms with Crippen molar-refractivity contribution in [2.75, 3.05) is 13.1 Å². The molecule has 0 saturated carbocycles. The SMILES string of the molecule is CCC1CCCN1C(=O)C(CN)C(C)C. The van der Waals surface area contributed by atoms with Crippen LogP contribution in [0.2, 0.25) is 0 Å². The molecule has 0 bridgehead atoms. The lowest BCUT2D eigenvalue weighted by molar-refractivity contribution is -0.137. The zero-order valence-electron chi connectivity index (χ0n) is 10.2. The maximum Gasteiger partial charge on any atom is 0.227 e. The number of nitrogens with zero attached hydrogens (tertiary/aromatic N) is 1. The molecule has 2 N–H and O–H groups in total. The summed E-state index contributed by atoms with van der Waals surface area (Å²) in [5.74, 6) is 0.634. The minimum Gasteiger partial charge on any atom is -0.339 e. The number of hydrogen-bond donors (Lipinski definition) is 1. The van der Waals surface area contributed by atoms with E-state index < -0.39 is 0 Å². The second kappa shape index (κ2) is 5.50. The summed E-state index contributed by atoms with van der Waals surface area (Å²) in [5, 5.41) is 0. The maximum absolute atomic E-state index is 12.2. The Morgan fingerprint density at radius 1 is 1.53 bits per heavy atom. The van der Waals surface area contributed by atoms with E-state index in [4.69, 9.17) is 5.73 Å². The van der Waals surface area contributed by atoms with E-state index in [0.717, 1.165) is 25.8 Å². The highest BCUT2D eigenvalue weighted by Gasteiger charge is 2.32. The molecule has 1 rings (SSSR count). The van der Waals surface area contributed by atoms with E-state index in [2.05, 4.69) is 25.7 Å². The number of nitrogens with two attached hydrogens (primary N) is 1. The molecule has 0 aromatic rings. The first kappa shape index (κ1) is 12.5. The van der Waals surface area contributed by atoms with Crippen LogP contribution in [-0.2, 0) is 4.79 Å². The van der Waals surface area contributed by atoms with E-state index in [9.17, 15) is 4.79 Å². The van der Waals surface area contributed by atoms with Crippen molar-refractivity contribution in [1.82, 2.24) is 4.90 Å². The van der Waals surface area contributed by atoms with Gasteiger partial charge in [-0.2, -0.15) is 0 Å². The molecule has 0 aromatic heterocycles. The number of carbonyl (C=O) groups is 1. The standard InChI is InChI=1S/C12H24N2O/c1-4-10-6-5-7-14(10)12(15)11(8-13)9(2)3/h9-11H,4-8,13H2,1-3H3. The van der Waals surface area contributed by atoms with Gasteiger partial charge in [-0.25, -0.2) is 0 Å². The predicted octanol–water partition coefficient (Wildman–Crippen LogP) is 1.62. The topological polar surface area (TPSA) is 46.3 Å². The molecule has 3 heteroatoms. The van der Waals surface area contributed by atoms with E-state index >= 15 is 0 Å². The summed E-state index contributed by atoms with van der Waals surface area (Å²) >= 11 is 0. The first-order chi connectivity index (χ1) is 7.11. The van der Waals surface area contributed by atoms with Crippen LogP contribution in [0.5, 0.6) is 0 Å². The Labute approximate surface area is 93.0 Å². The van der Waals surface area contributed by atoms with Crippen LogP contribution in [0.1, 0.15) is 40.0 Å². The molecule has 3 nitrogen and oxygen atoms in total. The average molecular weight is 212 g/mol. The van der Waals surface area contributed by atoms with Crippen LogP contribution < -0.4 is 5.73 Å². The van der Waals surface area contributed by atoms with Crippen LogP contribution in [0.4, 0.5) is 0 Å². The Kier molecular flexibility index (Phi) is 4.58. The fourth-order valence-corrected chi connectivity index (χ4v) is 2.42. The van der Waals surface area contributed by atoms with Crippen LogP contribution in [0, 0.1) is 11.8 Å². The molecule has 1 aliphatic heterocycles. The molecule has 15 heavy (non-hydrogen) atoms. The number of amides is 1. The summed E-state index contributed by atoms with van der Waals surface area (Å²) < 4.78 is 0. The Morgan fingerprint density at radius 2 is 2.20 bits per heavy atom. The van der Waals surface area contributed by atoms with E-state index in [1.54, 1.807) is 0 Å². The fourth-order valence-electron chi connectivity index (χ4n) is 2.42. The molecule has 1 amide bonds. The number of likely N-dealkylation sites (tertiary alicyclic amines) is 1. The van der Waals surface area contributed by atoms with Gasteiger partial charge in [-0.05, 0) is 25.2 Å². The molecule has 2 atom stereocenters. The second-order valence-electron chi connectivity index (χ2n) is 4.82. The van der Waals surface area contributed by atoms with Crippen molar-refractivity contribution in [2.24, 2.45) is 17.6 Å². The molecule has 1 aliphatic rings. The minimum atomic E-state index is 0.0112. The van der Waals surface area contributed by atoms with Crippen molar-refractivity contribution >= 4 is 5.91 Å².